The molecular weight excluding hydrogens is 254 g/mol. The van der Waals surface area contributed by atoms with Gasteiger partial charge in [0.1, 0.15) is 5.82 Å². The third-order valence-corrected chi connectivity index (χ3v) is 3.49. The van der Waals surface area contributed by atoms with Gasteiger partial charge in [-0.2, -0.15) is 0 Å². The topological polar surface area (TPSA) is 77.2 Å². The second kappa shape index (κ2) is 5.54. The van der Waals surface area contributed by atoms with Crippen LogP contribution in [0.4, 0.5) is 5.82 Å². The van der Waals surface area contributed by atoms with Crippen molar-refractivity contribution >= 4 is 23.3 Å². The van der Waals surface area contributed by atoms with Gasteiger partial charge < -0.3 is 15.8 Å². The molecule has 18 heavy (non-hydrogen) atoms. The van der Waals surface area contributed by atoms with E-state index in [4.69, 9.17) is 22.1 Å². The molecule has 2 unspecified atom stereocenters. The van der Waals surface area contributed by atoms with Gasteiger partial charge in [0.05, 0.1) is 16.7 Å². The van der Waals surface area contributed by atoms with Crippen LogP contribution in [0, 0.1) is 5.92 Å². The number of amides is 1. The second-order valence-corrected chi connectivity index (χ2v) is 4.83. The summed E-state index contributed by atoms with van der Waals surface area (Å²) in [5.41, 5.74) is 5.91. The minimum Gasteiger partial charge on any atom is -0.382 e. The number of anilines is 1. The highest BCUT2D eigenvalue weighted by Gasteiger charge is 2.24. The van der Waals surface area contributed by atoms with Gasteiger partial charge >= 0.3 is 0 Å². The van der Waals surface area contributed by atoms with Crippen LogP contribution >= 0.6 is 11.6 Å². The van der Waals surface area contributed by atoms with Crippen molar-refractivity contribution in [2.45, 2.75) is 19.4 Å². The average Bonchev–Trinajstić information content (AvgIpc) is 2.75. The van der Waals surface area contributed by atoms with E-state index in [1.54, 1.807) is 0 Å². The van der Waals surface area contributed by atoms with Gasteiger partial charge in [0.25, 0.3) is 5.91 Å². The summed E-state index contributed by atoms with van der Waals surface area (Å²) in [6.07, 6.45) is 2.59. The highest BCUT2D eigenvalue weighted by molar-refractivity contribution is 6.33. The van der Waals surface area contributed by atoms with Crippen LogP contribution in [0.15, 0.2) is 12.3 Å². The van der Waals surface area contributed by atoms with Gasteiger partial charge in [0.2, 0.25) is 0 Å². The third-order valence-electron chi connectivity index (χ3n) is 3.19. The van der Waals surface area contributed by atoms with Crippen LogP contribution in [0.5, 0.6) is 0 Å². The van der Waals surface area contributed by atoms with Crippen LogP contribution in [0.25, 0.3) is 0 Å². The predicted octanol–water partition coefficient (Wildman–Crippen LogP) is 1.47. The van der Waals surface area contributed by atoms with E-state index < -0.39 is 0 Å². The van der Waals surface area contributed by atoms with Crippen molar-refractivity contribution in [1.29, 1.82) is 0 Å². The van der Waals surface area contributed by atoms with E-state index in [9.17, 15) is 4.79 Å². The van der Waals surface area contributed by atoms with Crippen molar-refractivity contribution in [3.05, 3.63) is 22.8 Å². The summed E-state index contributed by atoms with van der Waals surface area (Å²) < 4.78 is 5.44. The summed E-state index contributed by atoms with van der Waals surface area (Å²) in [5.74, 6) is 0.403. The van der Waals surface area contributed by atoms with Crippen molar-refractivity contribution in [1.82, 2.24) is 10.3 Å². The fourth-order valence-electron chi connectivity index (χ4n) is 1.94. The molecule has 0 saturated carbocycles. The molecule has 0 spiro atoms. The van der Waals surface area contributed by atoms with Crippen molar-refractivity contribution in [3.63, 3.8) is 0 Å². The van der Waals surface area contributed by atoms with Gasteiger partial charge in [-0.1, -0.05) is 11.6 Å². The van der Waals surface area contributed by atoms with E-state index in [2.05, 4.69) is 10.3 Å². The molecule has 1 aromatic rings. The molecule has 6 heteroatoms. The molecule has 5 nitrogen and oxygen atoms in total. The maximum atomic E-state index is 11.9. The van der Waals surface area contributed by atoms with E-state index in [1.165, 1.54) is 12.3 Å². The first-order chi connectivity index (χ1) is 8.58. The Morgan fingerprint density at radius 3 is 3.11 bits per heavy atom. The van der Waals surface area contributed by atoms with E-state index in [-0.39, 0.29) is 17.8 Å². The molecule has 2 atom stereocenters. The smallest absolute Gasteiger partial charge is 0.252 e. The minimum absolute atomic E-state index is 0.191. The molecule has 0 aromatic carbocycles. The number of nitrogen functional groups attached to an aromatic ring is 1. The van der Waals surface area contributed by atoms with Crippen LogP contribution < -0.4 is 11.1 Å². The first-order valence-electron chi connectivity index (χ1n) is 5.88. The van der Waals surface area contributed by atoms with Gasteiger partial charge in [0.15, 0.2) is 0 Å². The van der Waals surface area contributed by atoms with Crippen LogP contribution in [0.2, 0.25) is 5.02 Å². The number of nitrogens with zero attached hydrogens (tertiary/aromatic N) is 1. The second-order valence-electron chi connectivity index (χ2n) is 4.43. The Kier molecular flexibility index (Phi) is 4.04. The van der Waals surface area contributed by atoms with Crippen molar-refractivity contribution in [2.24, 2.45) is 5.92 Å². The number of hydrogen-bond acceptors (Lipinski definition) is 4. The van der Waals surface area contributed by atoms with Crippen LogP contribution in [0.3, 0.4) is 0 Å². The maximum Gasteiger partial charge on any atom is 0.252 e. The van der Waals surface area contributed by atoms with Gasteiger partial charge in [-0.15, -0.1) is 0 Å². The summed E-state index contributed by atoms with van der Waals surface area (Å²) in [7, 11) is 0. The molecule has 2 heterocycles. The number of pyridine rings is 1. The number of carbonyl (C=O) groups is 1. The quantitative estimate of drug-likeness (QED) is 0.871. The molecule has 98 valence electrons. The zero-order chi connectivity index (χ0) is 13.1. The fourth-order valence-corrected chi connectivity index (χ4v) is 2.11. The molecule has 2 rings (SSSR count). The third kappa shape index (κ3) is 2.91. The number of hydrogen-bond donors (Lipinski definition) is 2. The average molecular weight is 270 g/mol. The summed E-state index contributed by atoms with van der Waals surface area (Å²) in [6, 6.07) is 1.52. The molecule has 3 N–H and O–H groups in total. The number of halogens is 1. The van der Waals surface area contributed by atoms with Gasteiger partial charge in [-0.05, 0) is 19.4 Å². The van der Waals surface area contributed by atoms with Crippen LogP contribution in [-0.4, -0.2) is 30.1 Å². The Labute approximate surface area is 111 Å². The lowest BCUT2D eigenvalue weighted by atomic mass is 10.0. The maximum absolute atomic E-state index is 11.9. The van der Waals surface area contributed by atoms with Crippen molar-refractivity contribution in [2.75, 3.05) is 18.9 Å². The van der Waals surface area contributed by atoms with E-state index in [0.29, 0.717) is 23.0 Å². The van der Waals surface area contributed by atoms with E-state index in [0.717, 1.165) is 13.0 Å². The number of carbonyl (C=O) groups excluding carboxylic acids is 1. The molecule has 0 radical (unpaired) electrons. The number of nitrogens with two attached hydrogens (primary N) is 1. The standard InChI is InChI=1S/C12H16ClN3O2/c1-7-8(2-3-18-7)5-16-12(17)9-4-10(13)11(14)15-6-9/h4,6-8H,2-3,5H2,1H3,(H2,14,15)(H,16,17). The van der Waals surface area contributed by atoms with E-state index in [1.807, 2.05) is 6.92 Å². The molecule has 1 aliphatic rings. The first kappa shape index (κ1) is 13.1. The summed E-state index contributed by atoms with van der Waals surface area (Å²) in [4.78, 5) is 15.7. The lowest BCUT2D eigenvalue weighted by Crippen LogP contribution is -2.32. The normalized spacial score (nSPS) is 23.0. The number of rotatable bonds is 3. The highest BCUT2D eigenvalue weighted by atomic mass is 35.5. The molecule has 0 bridgehead atoms. The lowest BCUT2D eigenvalue weighted by molar-refractivity contribution is 0.0907. The molecule has 1 saturated heterocycles. The Morgan fingerprint density at radius 1 is 1.72 bits per heavy atom. The Balaban J connectivity index is 1.93. The fraction of sp³-hybridized carbons (Fsp3) is 0.500. The number of ether oxygens (including phenoxy) is 1. The molecular formula is C12H16ClN3O2. The molecule has 1 aliphatic heterocycles. The summed E-state index contributed by atoms with van der Waals surface area (Å²) >= 11 is 5.82. The SMILES string of the molecule is CC1OCCC1CNC(=O)c1cnc(N)c(Cl)c1. The molecule has 0 aliphatic carbocycles. The lowest BCUT2D eigenvalue weighted by Gasteiger charge is -2.14. The Hall–Kier alpha value is -1.33. The van der Waals surface area contributed by atoms with Crippen LogP contribution in [-0.2, 0) is 4.74 Å². The highest BCUT2D eigenvalue weighted by Crippen LogP contribution is 2.20. The minimum atomic E-state index is -0.191. The van der Waals surface area contributed by atoms with Crippen LogP contribution in [0.1, 0.15) is 23.7 Å². The molecule has 1 aromatic heterocycles. The number of nitrogens with one attached hydrogen (secondary N) is 1. The predicted molar refractivity (Wildman–Crippen MR) is 69.5 cm³/mol. The molecule has 1 fully saturated rings. The van der Waals surface area contributed by atoms with Gasteiger partial charge in [0, 0.05) is 25.3 Å². The zero-order valence-corrected chi connectivity index (χ0v) is 10.9. The van der Waals surface area contributed by atoms with Crippen molar-refractivity contribution < 1.29 is 9.53 Å². The summed E-state index contributed by atoms with van der Waals surface area (Å²) in [6.45, 7) is 3.38. The number of aromatic nitrogens is 1. The largest absolute Gasteiger partial charge is 0.382 e. The Morgan fingerprint density at radius 2 is 2.50 bits per heavy atom. The Bertz CT molecular complexity index is 453. The van der Waals surface area contributed by atoms with Crippen molar-refractivity contribution in [3.8, 4) is 0 Å². The monoisotopic (exact) mass is 269 g/mol. The zero-order valence-electron chi connectivity index (χ0n) is 10.1. The van der Waals surface area contributed by atoms with Gasteiger partial charge in [-0.25, -0.2) is 4.98 Å². The molecule has 1 amide bonds. The van der Waals surface area contributed by atoms with E-state index >= 15 is 0 Å². The summed E-state index contributed by atoms with van der Waals surface area (Å²) in [5, 5.41) is 3.15. The first-order valence-corrected chi connectivity index (χ1v) is 6.26. The van der Waals surface area contributed by atoms with Gasteiger partial charge in [-0.3, -0.25) is 4.79 Å².